The maximum absolute atomic E-state index is 12.3. The van der Waals surface area contributed by atoms with Crippen LogP contribution in [-0.2, 0) is 28.0 Å². The van der Waals surface area contributed by atoms with Gasteiger partial charge in [-0.05, 0) is 24.6 Å². The number of rotatable bonds is 10. The van der Waals surface area contributed by atoms with Crippen molar-refractivity contribution in [3.05, 3.63) is 84.1 Å². The van der Waals surface area contributed by atoms with Gasteiger partial charge in [-0.1, -0.05) is 48.5 Å². The number of hydrogen-bond acceptors (Lipinski definition) is 6. The van der Waals surface area contributed by atoms with E-state index in [1.165, 1.54) is 20.5 Å². The summed E-state index contributed by atoms with van der Waals surface area (Å²) in [5.41, 5.74) is 1.49. The highest BCUT2D eigenvalue weighted by atomic mass is 32.2. The lowest BCUT2D eigenvalue weighted by atomic mass is 10.2. The fraction of sp³-hybridized carbons (Fsp3) is 0.304. The van der Waals surface area contributed by atoms with Gasteiger partial charge in [-0.2, -0.15) is 17.0 Å². The molecule has 0 bridgehead atoms. The summed E-state index contributed by atoms with van der Waals surface area (Å²) in [6.45, 7) is 1.59. The minimum atomic E-state index is -3.85. The van der Waals surface area contributed by atoms with Crippen LogP contribution in [0, 0.1) is 6.92 Å². The van der Waals surface area contributed by atoms with E-state index in [0.29, 0.717) is 24.3 Å². The Morgan fingerprint density at radius 3 is 2.09 bits per heavy atom. The minimum absolute atomic E-state index is 0.0504. The molecule has 2 aromatic carbocycles. The number of carboxylic acid groups (broad SMARTS) is 1. The highest BCUT2D eigenvalue weighted by Gasteiger charge is 2.26. The number of benzene rings is 2. The van der Waals surface area contributed by atoms with Crippen LogP contribution in [-0.4, -0.2) is 60.3 Å². The molecule has 10 heteroatoms. The molecule has 0 amide bonds. The minimum Gasteiger partial charge on any atom is -0.493 e. The third-order valence-electron chi connectivity index (χ3n) is 4.50. The smallest absolute Gasteiger partial charge is 0.318 e. The molecule has 1 aromatic heterocycles. The van der Waals surface area contributed by atoms with Crippen molar-refractivity contribution >= 4 is 16.2 Å². The summed E-state index contributed by atoms with van der Waals surface area (Å²) >= 11 is 0. The fourth-order valence-corrected chi connectivity index (χ4v) is 3.76. The number of carbonyl (C=O) groups is 1. The molecule has 33 heavy (non-hydrogen) atoms. The van der Waals surface area contributed by atoms with Crippen molar-refractivity contribution in [2.75, 3.05) is 27.2 Å². The second kappa shape index (κ2) is 12.7. The summed E-state index contributed by atoms with van der Waals surface area (Å²) in [5.74, 6) is 0.165. The van der Waals surface area contributed by atoms with Crippen molar-refractivity contribution in [3.8, 4) is 5.75 Å². The molecular weight excluding hydrogens is 446 g/mol. The predicted octanol–water partition coefficient (Wildman–Crippen LogP) is 2.98. The molecule has 0 fully saturated rings. The number of carboxylic acids is 1. The SMILES string of the molecule is Cc1ocnc1CCOc1ccc(CN(CC(=O)O)S(=O)(=O)N(C)C)cc1.c1ccccc1. The molecule has 0 atom stereocenters. The molecule has 1 heterocycles. The number of oxazole rings is 1. The Bertz CT molecular complexity index is 1060. The van der Waals surface area contributed by atoms with Crippen LogP contribution in [0.2, 0.25) is 0 Å². The number of aromatic nitrogens is 1. The number of nitrogens with zero attached hydrogens (tertiary/aromatic N) is 3. The monoisotopic (exact) mass is 475 g/mol. The lowest BCUT2D eigenvalue weighted by Crippen LogP contribution is -2.42. The first-order valence-electron chi connectivity index (χ1n) is 10.2. The van der Waals surface area contributed by atoms with Crippen LogP contribution in [0.1, 0.15) is 17.0 Å². The standard InChI is InChI=1S/C17H23N3O6S.C6H6/c1-13-16(18-12-26-13)8-9-25-15-6-4-14(5-7-15)10-20(11-17(21)22)27(23,24)19(2)3;1-2-4-6-5-3-1/h4-7,12H,8-11H2,1-3H3,(H,21,22);1-6H. The number of ether oxygens (including phenoxy) is 1. The summed E-state index contributed by atoms with van der Waals surface area (Å²) in [5, 5.41) is 8.99. The zero-order valence-corrected chi connectivity index (χ0v) is 19.7. The first-order chi connectivity index (χ1) is 15.7. The molecule has 1 N–H and O–H groups in total. The van der Waals surface area contributed by atoms with E-state index in [-0.39, 0.29) is 6.54 Å². The van der Waals surface area contributed by atoms with Crippen LogP contribution < -0.4 is 4.74 Å². The van der Waals surface area contributed by atoms with Gasteiger partial charge >= 0.3 is 5.97 Å². The first kappa shape index (κ1) is 26.0. The number of hydrogen-bond donors (Lipinski definition) is 1. The molecule has 3 aromatic rings. The highest BCUT2D eigenvalue weighted by Crippen LogP contribution is 2.17. The molecule has 0 aliphatic heterocycles. The van der Waals surface area contributed by atoms with Crippen molar-refractivity contribution in [3.63, 3.8) is 0 Å². The third-order valence-corrected chi connectivity index (χ3v) is 6.33. The summed E-state index contributed by atoms with van der Waals surface area (Å²) in [4.78, 5) is 15.1. The third kappa shape index (κ3) is 8.68. The molecule has 0 saturated heterocycles. The van der Waals surface area contributed by atoms with E-state index in [0.717, 1.165) is 20.1 Å². The van der Waals surface area contributed by atoms with Crippen LogP contribution in [0.25, 0.3) is 0 Å². The van der Waals surface area contributed by atoms with Gasteiger partial charge in [-0.15, -0.1) is 0 Å². The van der Waals surface area contributed by atoms with E-state index < -0.39 is 22.7 Å². The molecular formula is C23H29N3O6S. The maximum Gasteiger partial charge on any atom is 0.318 e. The lowest BCUT2D eigenvalue weighted by molar-refractivity contribution is -0.137. The van der Waals surface area contributed by atoms with Crippen LogP contribution in [0.15, 0.2) is 71.5 Å². The van der Waals surface area contributed by atoms with Crippen LogP contribution in [0.3, 0.4) is 0 Å². The average molecular weight is 476 g/mol. The molecule has 3 rings (SSSR count). The van der Waals surface area contributed by atoms with Gasteiger partial charge < -0.3 is 14.3 Å². The van der Waals surface area contributed by atoms with Crippen molar-refractivity contribution in [1.82, 2.24) is 13.6 Å². The Morgan fingerprint density at radius 2 is 1.64 bits per heavy atom. The van der Waals surface area contributed by atoms with Gasteiger partial charge in [0, 0.05) is 27.1 Å². The van der Waals surface area contributed by atoms with E-state index in [1.807, 2.05) is 43.3 Å². The van der Waals surface area contributed by atoms with Gasteiger partial charge in [0.15, 0.2) is 6.39 Å². The van der Waals surface area contributed by atoms with Gasteiger partial charge in [0.05, 0.1) is 12.3 Å². The molecule has 178 valence electrons. The molecule has 9 nitrogen and oxygen atoms in total. The van der Waals surface area contributed by atoms with Gasteiger partial charge in [-0.3, -0.25) is 4.79 Å². The average Bonchev–Trinajstić information content (AvgIpc) is 3.20. The summed E-state index contributed by atoms with van der Waals surface area (Å²) < 4.78 is 37.2. The van der Waals surface area contributed by atoms with E-state index >= 15 is 0 Å². The van der Waals surface area contributed by atoms with Gasteiger partial charge in [0.1, 0.15) is 18.1 Å². The van der Waals surface area contributed by atoms with Crippen LogP contribution in [0.4, 0.5) is 0 Å². The zero-order valence-electron chi connectivity index (χ0n) is 18.9. The van der Waals surface area contributed by atoms with E-state index in [1.54, 1.807) is 24.3 Å². The second-order valence-corrected chi connectivity index (χ2v) is 9.35. The molecule has 0 unspecified atom stereocenters. The van der Waals surface area contributed by atoms with E-state index in [9.17, 15) is 13.2 Å². The largest absolute Gasteiger partial charge is 0.493 e. The quantitative estimate of drug-likeness (QED) is 0.480. The molecule has 0 aliphatic carbocycles. The molecule has 0 aliphatic rings. The summed E-state index contributed by atoms with van der Waals surface area (Å²) in [7, 11) is -1.13. The summed E-state index contributed by atoms with van der Waals surface area (Å²) in [6.07, 6.45) is 2.00. The topological polar surface area (TPSA) is 113 Å². The van der Waals surface area contributed by atoms with Crippen LogP contribution >= 0.6 is 0 Å². The first-order valence-corrected chi connectivity index (χ1v) is 11.6. The fourth-order valence-electron chi connectivity index (χ4n) is 2.71. The Kier molecular flexibility index (Phi) is 10.0. The maximum atomic E-state index is 12.3. The van der Waals surface area contributed by atoms with Crippen molar-refractivity contribution < 1.29 is 27.5 Å². The van der Waals surface area contributed by atoms with E-state index in [4.69, 9.17) is 14.3 Å². The van der Waals surface area contributed by atoms with Gasteiger partial charge in [0.25, 0.3) is 10.2 Å². The van der Waals surface area contributed by atoms with Gasteiger partial charge in [0.2, 0.25) is 0 Å². The lowest BCUT2D eigenvalue weighted by Gasteiger charge is -2.24. The highest BCUT2D eigenvalue weighted by molar-refractivity contribution is 7.86. The Balaban J connectivity index is 0.000000554. The predicted molar refractivity (Wildman–Crippen MR) is 124 cm³/mol. The van der Waals surface area contributed by atoms with E-state index in [2.05, 4.69) is 4.98 Å². The zero-order chi connectivity index (χ0) is 24.3. The molecule has 0 saturated carbocycles. The van der Waals surface area contributed by atoms with Crippen LogP contribution in [0.5, 0.6) is 5.75 Å². The van der Waals surface area contributed by atoms with Crippen molar-refractivity contribution in [2.24, 2.45) is 0 Å². The molecule has 0 radical (unpaired) electrons. The second-order valence-electron chi connectivity index (χ2n) is 7.20. The molecule has 0 spiro atoms. The Labute approximate surface area is 194 Å². The Hall–Kier alpha value is -3.21. The van der Waals surface area contributed by atoms with Crippen molar-refractivity contribution in [1.29, 1.82) is 0 Å². The number of aliphatic carboxylic acids is 1. The van der Waals surface area contributed by atoms with Crippen molar-refractivity contribution in [2.45, 2.75) is 19.9 Å². The normalized spacial score (nSPS) is 11.2. The summed E-state index contributed by atoms with van der Waals surface area (Å²) in [6, 6.07) is 18.8. The number of aryl methyl sites for hydroxylation is 1. The Morgan fingerprint density at radius 1 is 1.06 bits per heavy atom. The van der Waals surface area contributed by atoms with Gasteiger partial charge in [-0.25, -0.2) is 4.98 Å².